The highest BCUT2D eigenvalue weighted by Crippen LogP contribution is 2.36. The van der Waals surface area contributed by atoms with Gasteiger partial charge in [0.15, 0.2) is 0 Å². The Morgan fingerprint density at radius 2 is 1.70 bits per heavy atom. The van der Waals surface area contributed by atoms with Crippen LogP contribution in [0, 0.1) is 5.41 Å². The maximum Gasteiger partial charge on any atom is 0.0363 e. The number of para-hydroxylation sites is 1. The van der Waals surface area contributed by atoms with Crippen LogP contribution >= 0.6 is 0 Å². The molecule has 2 rings (SSSR count). The fourth-order valence-electron chi connectivity index (χ4n) is 3.54. The number of anilines is 1. The summed E-state index contributed by atoms with van der Waals surface area (Å²) in [5.74, 6) is 0. The first-order valence-electron chi connectivity index (χ1n) is 8.23. The van der Waals surface area contributed by atoms with Gasteiger partial charge in [-0.15, -0.1) is 0 Å². The third kappa shape index (κ3) is 4.24. The van der Waals surface area contributed by atoms with Gasteiger partial charge in [-0.2, -0.15) is 0 Å². The monoisotopic (exact) mass is 274 g/mol. The van der Waals surface area contributed by atoms with Gasteiger partial charge in [0.1, 0.15) is 0 Å². The predicted molar refractivity (Wildman–Crippen MR) is 88.4 cm³/mol. The van der Waals surface area contributed by atoms with E-state index in [-0.39, 0.29) is 0 Å². The molecule has 112 valence electrons. The van der Waals surface area contributed by atoms with Crippen LogP contribution in [0.1, 0.15) is 45.4 Å². The molecule has 1 fully saturated rings. The van der Waals surface area contributed by atoms with Crippen molar-refractivity contribution in [3.63, 3.8) is 0 Å². The van der Waals surface area contributed by atoms with Crippen LogP contribution in [0.4, 0.5) is 5.69 Å². The molecule has 0 spiro atoms. The number of rotatable bonds is 6. The lowest BCUT2D eigenvalue weighted by Gasteiger charge is -2.38. The van der Waals surface area contributed by atoms with Crippen molar-refractivity contribution < 1.29 is 0 Å². The second-order valence-corrected chi connectivity index (χ2v) is 6.39. The summed E-state index contributed by atoms with van der Waals surface area (Å²) in [5, 5.41) is 3.62. The standard InChI is InChI=1S/C18H30N2/c1-3-19-15-18(13-9-4-5-10-14-18)16-20(2)17-11-7-6-8-12-17/h6-8,11-12,19H,3-5,9-10,13-16H2,1-2H3. The number of hydrogen-bond acceptors (Lipinski definition) is 2. The third-order valence-corrected chi connectivity index (χ3v) is 4.68. The molecule has 1 saturated carbocycles. The lowest BCUT2D eigenvalue weighted by molar-refractivity contribution is 0.241. The summed E-state index contributed by atoms with van der Waals surface area (Å²) in [6.45, 7) is 5.63. The summed E-state index contributed by atoms with van der Waals surface area (Å²) in [6.07, 6.45) is 8.38. The molecule has 0 aliphatic heterocycles. The molecule has 1 aliphatic carbocycles. The Hall–Kier alpha value is -1.02. The molecule has 0 saturated heterocycles. The van der Waals surface area contributed by atoms with Crippen LogP contribution in [0.3, 0.4) is 0 Å². The second kappa shape index (κ2) is 7.68. The van der Waals surface area contributed by atoms with Gasteiger partial charge in [0.25, 0.3) is 0 Å². The SMILES string of the molecule is CCNCC1(CN(C)c2ccccc2)CCCCCC1. The van der Waals surface area contributed by atoms with Crippen molar-refractivity contribution >= 4 is 5.69 Å². The lowest BCUT2D eigenvalue weighted by atomic mass is 9.79. The molecular weight excluding hydrogens is 244 g/mol. The Morgan fingerprint density at radius 3 is 2.30 bits per heavy atom. The van der Waals surface area contributed by atoms with Crippen LogP contribution < -0.4 is 10.2 Å². The maximum atomic E-state index is 3.62. The topological polar surface area (TPSA) is 15.3 Å². The average molecular weight is 274 g/mol. The van der Waals surface area contributed by atoms with Crippen LogP contribution in [-0.2, 0) is 0 Å². The molecular formula is C18H30N2. The van der Waals surface area contributed by atoms with E-state index in [1.165, 1.54) is 57.3 Å². The van der Waals surface area contributed by atoms with Crippen molar-refractivity contribution in [2.45, 2.75) is 45.4 Å². The molecule has 2 heteroatoms. The molecule has 1 N–H and O–H groups in total. The van der Waals surface area contributed by atoms with Gasteiger partial charge in [0, 0.05) is 31.2 Å². The van der Waals surface area contributed by atoms with Crippen LogP contribution in [0.15, 0.2) is 30.3 Å². The van der Waals surface area contributed by atoms with Gasteiger partial charge in [-0.1, -0.05) is 50.8 Å². The zero-order chi connectivity index (χ0) is 14.3. The fourth-order valence-corrected chi connectivity index (χ4v) is 3.54. The highest BCUT2D eigenvalue weighted by atomic mass is 15.1. The van der Waals surface area contributed by atoms with Crippen molar-refractivity contribution in [2.24, 2.45) is 5.41 Å². The van der Waals surface area contributed by atoms with E-state index in [0.717, 1.165) is 6.54 Å². The normalized spacial score (nSPS) is 18.5. The Labute approximate surface area is 124 Å². The lowest BCUT2D eigenvalue weighted by Crippen LogP contribution is -2.43. The van der Waals surface area contributed by atoms with Crippen molar-refractivity contribution in [1.29, 1.82) is 0 Å². The molecule has 0 atom stereocenters. The molecule has 2 nitrogen and oxygen atoms in total. The van der Waals surface area contributed by atoms with E-state index in [9.17, 15) is 0 Å². The smallest absolute Gasteiger partial charge is 0.0363 e. The summed E-state index contributed by atoms with van der Waals surface area (Å²) in [6, 6.07) is 10.8. The highest BCUT2D eigenvalue weighted by molar-refractivity contribution is 5.45. The zero-order valence-corrected chi connectivity index (χ0v) is 13.2. The van der Waals surface area contributed by atoms with Gasteiger partial charge in [-0.3, -0.25) is 0 Å². The Bertz CT molecular complexity index is 366. The molecule has 0 bridgehead atoms. The van der Waals surface area contributed by atoms with E-state index >= 15 is 0 Å². The quantitative estimate of drug-likeness (QED) is 0.787. The van der Waals surface area contributed by atoms with Crippen molar-refractivity contribution in [1.82, 2.24) is 5.32 Å². The maximum absolute atomic E-state index is 3.62. The Kier molecular flexibility index (Phi) is 5.90. The van der Waals surface area contributed by atoms with Crippen molar-refractivity contribution in [3.8, 4) is 0 Å². The average Bonchev–Trinajstić information content (AvgIpc) is 2.72. The first-order chi connectivity index (χ1) is 9.76. The molecule has 0 aromatic heterocycles. The fraction of sp³-hybridized carbons (Fsp3) is 0.667. The van der Waals surface area contributed by atoms with E-state index < -0.39 is 0 Å². The summed E-state index contributed by atoms with van der Waals surface area (Å²) in [7, 11) is 2.24. The molecule has 1 aromatic carbocycles. The van der Waals surface area contributed by atoms with E-state index in [1.54, 1.807) is 0 Å². The molecule has 1 aromatic rings. The van der Waals surface area contributed by atoms with Gasteiger partial charge >= 0.3 is 0 Å². The summed E-state index contributed by atoms with van der Waals surface area (Å²) in [4.78, 5) is 2.45. The predicted octanol–water partition coefficient (Wildman–Crippen LogP) is 4.07. The summed E-state index contributed by atoms with van der Waals surface area (Å²) in [5.41, 5.74) is 1.80. The minimum atomic E-state index is 0.455. The summed E-state index contributed by atoms with van der Waals surface area (Å²) >= 11 is 0. The molecule has 0 unspecified atom stereocenters. The van der Waals surface area contributed by atoms with Crippen LogP contribution in [0.5, 0.6) is 0 Å². The Balaban J connectivity index is 2.06. The van der Waals surface area contributed by atoms with Crippen molar-refractivity contribution in [2.75, 3.05) is 31.6 Å². The van der Waals surface area contributed by atoms with E-state index in [0.29, 0.717) is 5.41 Å². The minimum Gasteiger partial charge on any atom is -0.374 e. The van der Waals surface area contributed by atoms with E-state index in [1.807, 2.05) is 0 Å². The number of nitrogens with one attached hydrogen (secondary N) is 1. The first-order valence-corrected chi connectivity index (χ1v) is 8.23. The molecule has 0 amide bonds. The highest BCUT2D eigenvalue weighted by Gasteiger charge is 2.31. The molecule has 1 aliphatic rings. The first kappa shape index (κ1) is 15.4. The van der Waals surface area contributed by atoms with Crippen LogP contribution in [-0.4, -0.2) is 26.7 Å². The largest absolute Gasteiger partial charge is 0.374 e. The molecule has 0 heterocycles. The van der Waals surface area contributed by atoms with Gasteiger partial charge in [-0.05, 0) is 31.5 Å². The number of nitrogens with zero attached hydrogens (tertiary/aromatic N) is 1. The molecule has 20 heavy (non-hydrogen) atoms. The van der Waals surface area contributed by atoms with Gasteiger partial charge in [-0.25, -0.2) is 0 Å². The van der Waals surface area contributed by atoms with E-state index in [4.69, 9.17) is 0 Å². The van der Waals surface area contributed by atoms with Gasteiger partial charge in [0.05, 0.1) is 0 Å². The van der Waals surface area contributed by atoms with E-state index in [2.05, 4.69) is 54.5 Å². The minimum absolute atomic E-state index is 0.455. The second-order valence-electron chi connectivity index (χ2n) is 6.39. The van der Waals surface area contributed by atoms with Crippen molar-refractivity contribution in [3.05, 3.63) is 30.3 Å². The number of benzene rings is 1. The Morgan fingerprint density at radius 1 is 1.05 bits per heavy atom. The van der Waals surface area contributed by atoms with Crippen LogP contribution in [0.2, 0.25) is 0 Å². The zero-order valence-electron chi connectivity index (χ0n) is 13.2. The molecule has 0 radical (unpaired) electrons. The number of hydrogen-bond donors (Lipinski definition) is 1. The van der Waals surface area contributed by atoms with Crippen LogP contribution in [0.25, 0.3) is 0 Å². The summed E-state index contributed by atoms with van der Waals surface area (Å²) < 4.78 is 0. The van der Waals surface area contributed by atoms with Gasteiger partial charge in [0.2, 0.25) is 0 Å². The third-order valence-electron chi connectivity index (χ3n) is 4.68. The van der Waals surface area contributed by atoms with Gasteiger partial charge < -0.3 is 10.2 Å².